The number of aliphatic hydroxyl groups excluding tert-OH is 1. The van der Waals surface area contributed by atoms with Crippen molar-refractivity contribution in [3.05, 3.63) is 0 Å². The molecule has 0 radical (unpaired) electrons. The van der Waals surface area contributed by atoms with Crippen LogP contribution in [0.15, 0.2) is 0 Å². The van der Waals surface area contributed by atoms with Crippen molar-refractivity contribution in [2.24, 2.45) is 11.8 Å². The average molecular weight is 171 g/mol. The molecule has 0 amide bonds. The average Bonchev–Trinajstić information content (AvgIpc) is 2.06. The number of hydrogen-bond donors (Lipinski definition) is 2. The molecule has 1 fully saturated rings. The second kappa shape index (κ2) is 5.55. The standard InChI is InChI=1S/C10H21NO/c1-9(4-6-12)7-10-3-2-5-11-8-10/h9-12H,2-8H2,1H3. The molecule has 1 rings (SSSR count). The zero-order valence-electron chi connectivity index (χ0n) is 8.05. The molecule has 2 N–H and O–H groups in total. The Kier molecular flexibility index (Phi) is 4.62. The van der Waals surface area contributed by atoms with Crippen LogP contribution >= 0.6 is 0 Å². The zero-order valence-corrected chi connectivity index (χ0v) is 8.05. The van der Waals surface area contributed by atoms with Crippen molar-refractivity contribution in [2.45, 2.75) is 32.6 Å². The van der Waals surface area contributed by atoms with Crippen LogP contribution in [-0.4, -0.2) is 24.8 Å². The summed E-state index contributed by atoms with van der Waals surface area (Å²) in [5.74, 6) is 1.56. The van der Waals surface area contributed by atoms with Gasteiger partial charge in [0.1, 0.15) is 0 Å². The Morgan fingerprint density at radius 1 is 1.58 bits per heavy atom. The van der Waals surface area contributed by atoms with Crippen LogP contribution in [0.1, 0.15) is 32.6 Å². The van der Waals surface area contributed by atoms with Crippen LogP contribution in [0, 0.1) is 11.8 Å². The van der Waals surface area contributed by atoms with E-state index in [-0.39, 0.29) is 0 Å². The molecule has 1 aliphatic heterocycles. The highest BCUT2D eigenvalue weighted by Gasteiger charge is 2.15. The topological polar surface area (TPSA) is 32.3 Å². The Morgan fingerprint density at radius 2 is 2.42 bits per heavy atom. The van der Waals surface area contributed by atoms with E-state index >= 15 is 0 Å². The maximum absolute atomic E-state index is 8.75. The van der Waals surface area contributed by atoms with E-state index in [0.717, 1.165) is 12.3 Å². The maximum Gasteiger partial charge on any atom is 0.0433 e. The number of nitrogens with one attached hydrogen (secondary N) is 1. The molecule has 0 aromatic heterocycles. The zero-order chi connectivity index (χ0) is 8.81. The quantitative estimate of drug-likeness (QED) is 0.670. The summed E-state index contributed by atoms with van der Waals surface area (Å²) in [7, 11) is 0. The van der Waals surface area contributed by atoms with Gasteiger partial charge in [0, 0.05) is 6.61 Å². The van der Waals surface area contributed by atoms with Gasteiger partial charge >= 0.3 is 0 Å². The Hall–Kier alpha value is -0.0800. The molecule has 0 aromatic rings. The maximum atomic E-state index is 8.75. The summed E-state index contributed by atoms with van der Waals surface area (Å²) in [6.45, 7) is 4.98. The first-order valence-corrected chi connectivity index (χ1v) is 5.14. The van der Waals surface area contributed by atoms with Crippen LogP contribution in [0.25, 0.3) is 0 Å². The van der Waals surface area contributed by atoms with Crippen molar-refractivity contribution in [1.29, 1.82) is 0 Å². The summed E-state index contributed by atoms with van der Waals surface area (Å²) in [6.07, 6.45) is 4.96. The van der Waals surface area contributed by atoms with Crippen LogP contribution in [0.5, 0.6) is 0 Å². The fourth-order valence-electron chi connectivity index (χ4n) is 2.03. The molecular formula is C10H21NO. The van der Waals surface area contributed by atoms with Gasteiger partial charge < -0.3 is 10.4 Å². The summed E-state index contributed by atoms with van der Waals surface area (Å²) in [5.41, 5.74) is 0. The van der Waals surface area contributed by atoms with Crippen molar-refractivity contribution in [1.82, 2.24) is 5.32 Å². The van der Waals surface area contributed by atoms with E-state index in [9.17, 15) is 0 Å². The first-order chi connectivity index (χ1) is 5.83. The lowest BCUT2D eigenvalue weighted by atomic mass is 9.88. The monoisotopic (exact) mass is 171 g/mol. The van der Waals surface area contributed by atoms with Gasteiger partial charge in [-0.1, -0.05) is 6.92 Å². The highest BCUT2D eigenvalue weighted by atomic mass is 16.3. The van der Waals surface area contributed by atoms with Crippen LogP contribution in [-0.2, 0) is 0 Å². The Labute approximate surface area is 75.4 Å². The van der Waals surface area contributed by atoms with Gasteiger partial charge in [0.15, 0.2) is 0 Å². The lowest BCUT2D eigenvalue weighted by Gasteiger charge is -2.25. The van der Waals surface area contributed by atoms with E-state index in [2.05, 4.69) is 12.2 Å². The van der Waals surface area contributed by atoms with Crippen molar-refractivity contribution in [3.8, 4) is 0 Å². The molecule has 2 atom stereocenters. The summed E-state index contributed by atoms with van der Waals surface area (Å²) >= 11 is 0. The lowest BCUT2D eigenvalue weighted by molar-refractivity contribution is 0.235. The van der Waals surface area contributed by atoms with E-state index in [1.54, 1.807) is 0 Å². The molecule has 2 unspecified atom stereocenters. The molecule has 2 heteroatoms. The summed E-state index contributed by atoms with van der Waals surface area (Å²) < 4.78 is 0. The molecule has 2 nitrogen and oxygen atoms in total. The molecule has 72 valence electrons. The third-order valence-electron chi connectivity index (χ3n) is 2.76. The van der Waals surface area contributed by atoms with E-state index in [1.807, 2.05) is 0 Å². The minimum absolute atomic E-state index is 0.349. The van der Waals surface area contributed by atoms with Crippen LogP contribution in [0.2, 0.25) is 0 Å². The predicted molar refractivity (Wildman–Crippen MR) is 51.1 cm³/mol. The molecule has 0 bridgehead atoms. The van der Waals surface area contributed by atoms with Crippen molar-refractivity contribution in [2.75, 3.05) is 19.7 Å². The van der Waals surface area contributed by atoms with Gasteiger partial charge in [-0.3, -0.25) is 0 Å². The highest BCUT2D eigenvalue weighted by Crippen LogP contribution is 2.20. The van der Waals surface area contributed by atoms with Gasteiger partial charge in [-0.25, -0.2) is 0 Å². The summed E-state index contributed by atoms with van der Waals surface area (Å²) in [5, 5.41) is 12.2. The molecule has 12 heavy (non-hydrogen) atoms. The number of hydrogen-bond acceptors (Lipinski definition) is 2. The lowest BCUT2D eigenvalue weighted by Crippen LogP contribution is -2.30. The van der Waals surface area contributed by atoms with Gasteiger partial charge in [-0.05, 0) is 50.6 Å². The third kappa shape index (κ3) is 3.55. The van der Waals surface area contributed by atoms with E-state index in [0.29, 0.717) is 12.5 Å². The van der Waals surface area contributed by atoms with Gasteiger partial charge in [0.05, 0.1) is 0 Å². The first-order valence-electron chi connectivity index (χ1n) is 5.14. The van der Waals surface area contributed by atoms with Gasteiger partial charge in [-0.2, -0.15) is 0 Å². The van der Waals surface area contributed by atoms with Crippen LogP contribution in [0.3, 0.4) is 0 Å². The Morgan fingerprint density at radius 3 is 3.00 bits per heavy atom. The molecule has 0 aromatic carbocycles. The van der Waals surface area contributed by atoms with Crippen molar-refractivity contribution in [3.63, 3.8) is 0 Å². The normalized spacial score (nSPS) is 27.0. The minimum Gasteiger partial charge on any atom is -0.396 e. The predicted octanol–water partition coefficient (Wildman–Crippen LogP) is 1.39. The SMILES string of the molecule is CC(CCO)CC1CCCNC1. The Bertz CT molecular complexity index is 110. The van der Waals surface area contributed by atoms with Crippen LogP contribution < -0.4 is 5.32 Å². The van der Waals surface area contributed by atoms with E-state index in [4.69, 9.17) is 5.11 Å². The number of piperidine rings is 1. The van der Waals surface area contributed by atoms with Gasteiger partial charge in [0.25, 0.3) is 0 Å². The molecular weight excluding hydrogens is 150 g/mol. The van der Waals surface area contributed by atoms with E-state index < -0.39 is 0 Å². The fraction of sp³-hybridized carbons (Fsp3) is 1.00. The second-order valence-corrected chi connectivity index (χ2v) is 4.07. The van der Waals surface area contributed by atoms with Gasteiger partial charge in [-0.15, -0.1) is 0 Å². The molecule has 0 spiro atoms. The van der Waals surface area contributed by atoms with Gasteiger partial charge in [0.2, 0.25) is 0 Å². The molecule has 1 saturated heterocycles. The number of aliphatic hydroxyl groups is 1. The van der Waals surface area contributed by atoms with E-state index in [1.165, 1.54) is 32.4 Å². The third-order valence-corrected chi connectivity index (χ3v) is 2.76. The summed E-state index contributed by atoms with van der Waals surface area (Å²) in [6, 6.07) is 0. The fourth-order valence-corrected chi connectivity index (χ4v) is 2.03. The second-order valence-electron chi connectivity index (χ2n) is 4.07. The number of rotatable bonds is 4. The van der Waals surface area contributed by atoms with Crippen molar-refractivity contribution >= 4 is 0 Å². The smallest absolute Gasteiger partial charge is 0.0433 e. The molecule has 0 saturated carbocycles. The first kappa shape index (κ1) is 10.0. The molecule has 1 heterocycles. The largest absolute Gasteiger partial charge is 0.396 e. The minimum atomic E-state index is 0.349. The van der Waals surface area contributed by atoms with Crippen molar-refractivity contribution < 1.29 is 5.11 Å². The highest BCUT2D eigenvalue weighted by molar-refractivity contribution is 4.71. The molecule has 1 aliphatic rings. The Balaban J connectivity index is 2.11. The molecule has 0 aliphatic carbocycles. The van der Waals surface area contributed by atoms with Crippen LogP contribution in [0.4, 0.5) is 0 Å². The summed E-state index contributed by atoms with van der Waals surface area (Å²) in [4.78, 5) is 0.